The number of nitrogens with zero attached hydrogens (tertiary/aromatic N) is 3. The average Bonchev–Trinajstić information content (AvgIpc) is 2.93. The summed E-state index contributed by atoms with van der Waals surface area (Å²) >= 11 is 0. The van der Waals surface area contributed by atoms with Crippen molar-refractivity contribution in [3.8, 4) is 5.69 Å². The standard InChI is InChI=1S/C14H19N5O.ClH/c1-3-15-7-8-16-14(20)13-10-19(18-17-13)12-6-4-5-11(2)9-12;/h4-6,9-10,15H,3,7-8H2,1-2H3,(H,16,20);1H. The van der Waals surface area contributed by atoms with Crippen molar-refractivity contribution in [2.24, 2.45) is 0 Å². The molecule has 2 aromatic rings. The lowest BCUT2D eigenvalue weighted by Crippen LogP contribution is -2.31. The van der Waals surface area contributed by atoms with Crippen LogP contribution in [0.1, 0.15) is 23.0 Å². The van der Waals surface area contributed by atoms with Crippen LogP contribution < -0.4 is 10.6 Å². The fraction of sp³-hybridized carbons (Fsp3) is 0.357. The number of aromatic nitrogens is 3. The predicted molar refractivity (Wildman–Crippen MR) is 84.2 cm³/mol. The summed E-state index contributed by atoms with van der Waals surface area (Å²) in [4.78, 5) is 11.9. The molecule has 0 aliphatic carbocycles. The number of likely N-dealkylation sites (N-methyl/N-ethyl adjacent to an activating group) is 1. The van der Waals surface area contributed by atoms with Crippen LogP contribution in [-0.4, -0.2) is 40.5 Å². The third kappa shape index (κ3) is 4.84. The lowest BCUT2D eigenvalue weighted by Gasteiger charge is -2.02. The zero-order valence-electron chi connectivity index (χ0n) is 12.2. The first-order chi connectivity index (χ1) is 9.70. The number of halogens is 1. The number of carbonyl (C=O) groups excluding carboxylic acids is 1. The van der Waals surface area contributed by atoms with Crippen molar-refractivity contribution < 1.29 is 4.79 Å². The van der Waals surface area contributed by atoms with Gasteiger partial charge in [-0.2, -0.15) is 0 Å². The van der Waals surface area contributed by atoms with Gasteiger partial charge in [0.2, 0.25) is 0 Å². The van der Waals surface area contributed by atoms with Crippen LogP contribution in [0.2, 0.25) is 0 Å². The van der Waals surface area contributed by atoms with Crippen molar-refractivity contribution in [3.05, 3.63) is 41.7 Å². The maximum absolute atomic E-state index is 11.9. The fourth-order valence-corrected chi connectivity index (χ4v) is 1.80. The molecule has 1 aromatic heterocycles. The van der Waals surface area contributed by atoms with Crippen LogP contribution in [-0.2, 0) is 0 Å². The van der Waals surface area contributed by atoms with E-state index in [1.54, 1.807) is 10.9 Å². The summed E-state index contributed by atoms with van der Waals surface area (Å²) in [5, 5.41) is 13.8. The monoisotopic (exact) mass is 309 g/mol. The van der Waals surface area contributed by atoms with E-state index in [1.165, 1.54) is 0 Å². The summed E-state index contributed by atoms with van der Waals surface area (Å²) in [6.07, 6.45) is 1.64. The molecule has 1 amide bonds. The molecule has 21 heavy (non-hydrogen) atoms. The first-order valence-corrected chi connectivity index (χ1v) is 6.69. The summed E-state index contributed by atoms with van der Waals surface area (Å²) in [5.74, 6) is -0.207. The molecule has 0 saturated heterocycles. The van der Waals surface area contributed by atoms with Gasteiger partial charge in [0.1, 0.15) is 0 Å². The van der Waals surface area contributed by atoms with Crippen molar-refractivity contribution in [3.63, 3.8) is 0 Å². The largest absolute Gasteiger partial charge is 0.349 e. The van der Waals surface area contributed by atoms with Gasteiger partial charge in [0.25, 0.3) is 5.91 Å². The molecule has 0 saturated carbocycles. The minimum atomic E-state index is -0.207. The van der Waals surface area contributed by atoms with E-state index in [9.17, 15) is 4.79 Å². The molecular weight excluding hydrogens is 290 g/mol. The topological polar surface area (TPSA) is 71.8 Å². The molecular formula is C14H20ClN5O. The summed E-state index contributed by atoms with van der Waals surface area (Å²) in [7, 11) is 0. The van der Waals surface area contributed by atoms with Crippen molar-refractivity contribution >= 4 is 18.3 Å². The second-order valence-electron chi connectivity index (χ2n) is 4.50. The van der Waals surface area contributed by atoms with E-state index in [1.807, 2.05) is 38.1 Å². The van der Waals surface area contributed by atoms with Crippen LogP contribution in [0, 0.1) is 6.92 Å². The molecule has 1 heterocycles. The average molecular weight is 310 g/mol. The number of amides is 1. The Morgan fingerprint density at radius 2 is 2.14 bits per heavy atom. The number of hydrogen-bond donors (Lipinski definition) is 2. The Balaban J connectivity index is 0.00000220. The zero-order chi connectivity index (χ0) is 14.4. The number of benzene rings is 1. The maximum Gasteiger partial charge on any atom is 0.273 e. The molecule has 0 bridgehead atoms. The highest BCUT2D eigenvalue weighted by molar-refractivity contribution is 5.91. The Kier molecular flexibility index (Phi) is 6.84. The Morgan fingerprint density at radius 1 is 1.33 bits per heavy atom. The summed E-state index contributed by atoms with van der Waals surface area (Å²) < 4.78 is 1.60. The maximum atomic E-state index is 11.9. The smallest absolute Gasteiger partial charge is 0.273 e. The van der Waals surface area contributed by atoms with Crippen LogP contribution in [0.4, 0.5) is 0 Å². The Hall–Kier alpha value is -1.92. The van der Waals surface area contributed by atoms with E-state index in [4.69, 9.17) is 0 Å². The van der Waals surface area contributed by atoms with Gasteiger partial charge in [-0.1, -0.05) is 24.3 Å². The third-order valence-corrected chi connectivity index (χ3v) is 2.83. The molecule has 0 fully saturated rings. The van der Waals surface area contributed by atoms with Crippen molar-refractivity contribution in [1.29, 1.82) is 0 Å². The second-order valence-corrected chi connectivity index (χ2v) is 4.50. The Morgan fingerprint density at radius 3 is 2.86 bits per heavy atom. The Labute approximate surface area is 130 Å². The molecule has 2 N–H and O–H groups in total. The van der Waals surface area contributed by atoms with Gasteiger partial charge in [0.15, 0.2) is 5.69 Å². The quantitative estimate of drug-likeness (QED) is 0.790. The molecule has 0 spiro atoms. The molecule has 1 aromatic carbocycles. The molecule has 0 aliphatic rings. The van der Waals surface area contributed by atoms with Crippen molar-refractivity contribution in [2.75, 3.05) is 19.6 Å². The molecule has 7 heteroatoms. The molecule has 0 aliphatic heterocycles. The van der Waals surface area contributed by atoms with E-state index < -0.39 is 0 Å². The highest BCUT2D eigenvalue weighted by atomic mass is 35.5. The SMILES string of the molecule is CCNCCNC(=O)c1cn(-c2cccc(C)c2)nn1.Cl. The zero-order valence-corrected chi connectivity index (χ0v) is 13.0. The van der Waals surface area contributed by atoms with Gasteiger partial charge in [-0.05, 0) is 31.2 Å². The van der Waals surface area contributed by atoms with Crippen LogP contribution in [0.5, 0.6) is 0 Å². The van der Waals surface area contributed by atoms with E-state index in [0.717, 1.165) is 24.3 Å². The van der Waals surface area contributed by atoms with Gasteiger partial charge < -0.3 is 10.6 Å². The number of nitrogens with one attached hydrogen (secondary N) is 2. The van der Waals surface area contributed by atoms with Gasteiger partial charge in [-0.3, -0.25) is 4.79 Å². The van der Waals surface area contributed by atoms with Crippen LogP contribution in [0.3, 0.4) is 0 Å². The van der Waals surface area contributed by atoms with Crippen LogP contribution in [0.15, 0.2) is 30.5 Å². The summed E-state index contributed by atoms with van der Waals surface area (Å²) in [6, 6.07) is 7.87. The Bertz CT molecular complexity index is 584. The van der Waals surface area contributed by atoms with Gasteiger partial charge in [0.05, 0.1) is 11.9 Å². The number of carbonyl (C=O) groups is 1. The number of hydrogen-bond acceptors (Lipinski definition) is 4. The summed E-state index contributed by atoms with van der Waals surface area (Å²) in [5.41, 5.74) is 2.35. The molecule has 6 nitrogen and oxygen atoms in total. The lowest BCUT2D eigenvalue weighted by molar-refractivity contribution is 0.0949. The van der Waals surface area contributed by atoms with E-state index in [0.29, 0.717) is 12.2 Å². The highest BCUT2D eigenvalue weighted by Crippen LogP contribution is 2.08. The number of rotatable bonds is 6. The minimum absolute atomic E-state index is 0. The van der Waals surface area contributed by atoms with E-state index >= 15 is 0 Å². The highest BCUT2D eigenvalue weighted by Gasteiger charge is 2.10. The number of aryl methyl sites for hydroxylation is 1. The molecule has 2 rings (SSSR count). The minimum Gasteiger partial charge on any atom is -0.349 e. The normalized spacial score (nSPS) is 10.0. The van der Waals surface area contributed by atoms with Crippen molar-refractivity contribution in [2.45, 2.75) is 13.8 Å². The van der Waals surface area contributed by atoms with Gasteiger partial charge in [0, 0.05) is 13.1 Å². The fourth-order valence-electron chi connectivity index (χ4n) is 1.80. The molecule has 0 atom stereocenters. The summed E-state index contributed by atoms with van der Waals surface area (Å²) in [6.45, 7) is 6.24. The van der Waals surface area contributed by atoms with Gasteiger partial charge >= 0.3 is 0 Å². The molecule has 114 valence electrons. The van der Waals surface area contributed by atoms with E-state index in [2.05, 4.69) is 20.9 Å². The molecule has 0 radical (unpaired) electrons. The van der Waals surface area contributed by atoms with Crippen LogP contribution in [0.25, 0.3) is 5.69 Å². The lowest BCUT2D eigenvalue weighted by atomic mass is 10.2. The first kappa shape index (κ1) is 17.1. The first-order valence-electron chi connectivity index (χ1n) is 6.69. The predicted octanol–water partition coefficient (Wildman–Crippen LogP) is 1.34. The van der Waals surface area contributed by atoms with Crippen LogP contribution >= 0.6 is 12.4 Å². The van der Waals surface area contributed by atoms with Gasteiger partial charge in [-0.25, -0.2) is 4.68 Å². The second kappa shape index (κ2) is 8.39. The third-order valence-electron chi connectivity index (χ3n) is 2.83. The molecule has 0 unspecified atom stereocenters. The van der Waals surface area contributed by atoms with E-state index in [-0.39, 0.29) is 18.3 Å². The van der Waals surface area contributed by atoms with Crippen molar-refractivity contribution in [1.82, 2.24) is 25.6 Å². The van der Waals surface area contributed by atoms with Gasteiger partial charge in [-0.15, -0.1) is 17.5 Å².